The van der Waals surface area contributed by atoms with Gasteiger partial charge >= 0.3 is 6.18 Å². The maximum atomic E-state index is 12.9. The van der Waals surface area contributed by atoms with E-state index in [1.807, 2.05) is 7.05 Å². The fraction of sp³-hybridized carbons (Fsp3) is 0.464. The van der Waals surface area contributed by atoms with E-state index in [1.165, 1.54) is 45.3 Å². The molecule has 7 nitrogen and oxygen atoms in total. The predicted octanol–water partition coefficient (Wildman–Crippen LogP) is 5.29. The molecule has 0 aromatic heterocycles. The summed E-state index contributed by atoms with van der Waals surface area (Å²) in [4.78, 5) is 24.3. The standard InChI is InChI=1S/C10H9F4N3O.C9H12FNO.C9H16O/c11-7-2-1-5(3-6(7)10(12,13)14)4-8(18)17-9(15)16;1-11-6-7-3-4-8(10)9(5-7)12-2;10-8-4-7-9-5-2-1-3-6-9/h1-3H,4H2,(H4,15,16,17,18);3-5,11H,6H2,1-2H3;8-9H,1-7H2. The van der Waals surface area contributed by atoms with Gasteiger partial charge in [-0.2, -0.15) is 18.2 Å². The molecule has 0 aliphatic heterocycles. The van der Waals surface area contributed by atoms with Crippen molar-refractivity contribution >= 4 is 18.2 Å². The number of nitrogens with one attached hydrogen (secondary N) is 1. The fourth-order valence-corrected chi connectivity index (χ4v) is 4.06. The number of carbonyl (C=O) groups is 2. The first-order valence-corrected chi connectivity index (χ1v) is 12.8. The minimum Gasteiger partial charge on any atom is -0.494 e. The van der Waals surface area contributed by atoms with Gasteiger partial charge < -0.3 is 26.3 Å². The third-order valence-electron chi connectivity index (χ3n) is 5.96. The Bertz CT molecular complexity index is 1100. The summed E-state index contributed by atoms with van der Waals surface area (Å²) >= 11 is 0. The maximum Gasteiger partial charge on any atom is 0.419 e. The molecular formula is C28H37F5N4O3. The summed E-state index contributed by atoms with van der Waals surface area (Å²) in [6.45, 7) is 0.719. The van der Waals surface area contributed by atoms with E-state index >= 15 is 0 Å². The van der Waals surface area contributed by atoms with E-state index in [1.54, 1.807) is 12.1 Å². The third kappa shape index (κ3) is 13.5. The van der Waals surface area contributed by atoms with Gasteiger partial charge in [0.05, 0.1) is 19.1 Å². The number of hydrogen-bond donors (Lipinski definition) is 3. The quantitative estimate of drug-likeness (QED) is 0.171. The van der Waals surface area contributed by atoms with E-state index in [9.17, 15) is 31.5 Å². The molecule has 1 fully saturated rings. The Labute approximate surface area is 231 Å². The number of carbonyl (C=O) groups excluding carboxylic acids is 2. The van der Waals surface area contributed by atoms with Gasteiger partial charge in [-0.15, -0.1) is 0 Å². The third-order valence-corrected chi connectivity index (χ3v) is 5.96. The average molecular weight is 573 g/mol. The van der Waals surface area contributed by atoms with Crippen LogP contribution in [-0.4, -0.2) is 32.3 Å². The number of aliphatic imine (C=N–C) groups is 1. The van der Waals surface area contributed by atoms with Gasteiger partial charge in [0, 0.05) is 13.0 Å². The van der Waals surface area contributed by atoms with E-state index in [0.717, 1.165) is 43.2 Å². The Morgan fingerprint density at radius 3 is 2.23 bits per heavy atom. The van der Waals surface area contributed by atoms with Gasteiger partial charge in [-0.1, -0.05) is 44.2 Å². The van der Waals surface area contributed by atoms with Crippen molar-refractivity contribution in [3.63, 3.8) is 0 Å². The first kappa shape index (κ1) is 34.5. The Balaban J connectivity index is 0.000000316. The van der Waals surface area contributed by atoms with Crippen molar-refractivity contribution < 1.29 is 36.3 Å². The molecule has 2 aromatic rings. The van der Waals surface area contributed by atoms with Crippen LogP contribution in [0.1, 0.15) is 61.6 Å². The SMILES string of the molecule is CNCc1ccc(F)c(OC)c1.NC(N)=NC(=O)Cc1ccc(F)c(C(F)(F)F)c1.O=CCCC1CCCCC1. The Morgan fingerprint density at radius 1 is 1.05 bits per heavy atom. The van der Waals surface area contributed by atoms with Crippen LogP contribution in [-0.2, 0) is 28.7 Å². The fourth-order valence-electron chi connectivity index (χ4n) is 4.06. The van der Waals surface area contributed by atoms with E-state index in [4.69, 9.17) is 16.2 Å². The highest BCUT2D eigenvalue weighted by Gasteiger charge is 2.34. The second-order valence-corrected chi connectivity index (χ2v) is 9.17. The molecule has 2 aromatic carbocycles. The van der Waals surface area contributed by atoms with Gasteiger partial charge in [0.1, 0.15) is 12.1 Å². The Hall–Kier alpha value is -3.54. The van der Waals surface area contributed by atoms with Gasteiger partial charge in [-0.3, -0.25) is 4.79 Å². The van der Waals surface area contributed by atoms with Gasteiger partial charge in [0.15, 0.2) is 17.5 Å². The predicted molar refractivity (Wildman–Crippen MR) is 144 cm³/mol. The van der Waals surface area contributed by atoms with Crippen LogP contribution in [0, 0.1) is 17.6 Å². The first-order chi connectivity index (χ1) is 18.9. The van der Waals surface area contributed by atoms with Crippen molar-refractivity contribution in [2.45, 2.75) is 64.1 Å². The highest BCUT2D eigenvalue weighted by atomic mass is 19.4. The molecule has 222 valence electrons. The van der Waals surface area contributed by atoms with Crippen LogP contribution in [0.5, 0.6) is 5.75 Å². The lowest BCUT2D eigenvalue weighted by Crippen LogP contribution is -2.24. The van der Waals surface area contributed by atoms with Crippen molar-refractivity contribution in [1.82, 2.24) is 5.32 Å². The molecule has 1 aliphatic carbocycles. The number of ether oxygens (including phenoxy) is 1. The number of guanidine groups is 1. The molecule has 0 atom stereocenters. The first-order valence-electron chi connectivity index (χ1n) is 12.8. The lowest BCUT2D eigenvalue weighted by molar-refractivity contribution is -0.140. The number of benzene rings is 2. The second kappa shape index (κ2) is 17.9. The van der Waals surface area contributed by atoms with Crippen LogP contribution in [0.4, 0.5) is 22.0 Å². The summed E-state index contributed by atoms with van der Waals surface area (Å²) in [6.07, 6.45) is 4.65. The molecule has 12 heteroatoms. The van der Waals surface area contributed by atoms with Crippen LogP contribution < -0.4 is 21.5 Å². The maximum absolute atomic E-state index is 12.9. The van der Waals surface area contributed by atoms with Gasteiger partial charge in [0.2, 0.25) is 0 Å². The average Bonchev–Trinajstić information content (AvgIpc) is 2.90. The monoisotopic (exact) mass is 572 g/mol. The molecule has 1 amide bonds. The molecule has 40 heavy (non-hydrogen) atoms. The summed E-state index contributed by atoms with van der Waals surface area (Å²) in [5.74, 6) is -1.85. The minimum atomic E-state index is -4.82. The molecule has 0 saturated heterocycles. The second-order valence-electron chi connectivity index (χ2n) is 9.17. The van der Waals surface area contributed by atoms with Crippen LogP contribution in [0.3, 0.4) is 0 Å². The van der Waals surface area contributed by atoms with Crippen LogP contribution >= 0.6 is 0 Å². The molecule has 0 spiro atoms. The lowest BCUT2D eigenvalue weighted by atomic mass is 9.86. The largest absolute Gasteiger partial charge is 0.494 e. The number of nitrogens with zero attached hydrogens (tertiary/aromatic N) is 1. The van der Waals surface area contributed by atoms with E-state index < -0.39 is 35.8 Å². The van der Waals surface area contributed by atoms with Gasteiger partial charge in [-0.05, 0) is 54.8 Å². The Morgan fingerprint density at radius 2 is 1.68 bits per heavy atom. The highest BCUT2D eigenvalue weighted by Crippen LogP contribution is 2.32. The number of aldehydes is 1. The highest BCUT2D eigenvalue weighted by molar-refractivity contribution is 5.92. The molecule has 0 heterocycles. The van der Waals surface area contributed by atoms with Crippen molar-refractivity contribution in [2.75, 3.05) is 14.2 Å². The van der Waals surface area contributed by atoms with Crippen molar-refractivity contribution in [3.05, 3.63) is 64.7 Å². The summed E-state index contributed by atoms with van der Waals surface area (Å²) in [6, 6.07) is 7.08. The van der Waals surface area contributed by atoms with E-state index in [0.29, 0.717) is 17.9 Å². The van der Waals surface area contributed by atoms with Crippen molar-refractivity contribution in [3.8, 4) is 5.75 Å². The van der Waals surface area contributed by atoms with E-state index in [-0.39, 0.29) is 11.4 Å². The van der Waals surface area contributed by atoms with Gasteiger partial charge in [-0.25, -0.2) is 8.78 Å². The molecule has 3 rings (SSSR count). The van der Waals surface area contributed by atoms with Crippen LogP contribution in [0.15, 0.2) is 41.4 Å². The minimum absolute atomic E-state index is 0.0290. The molecular weight excluding hydrogens is 535 g/mol. The number of hydrogen-bond acceptors (Lipinski definition) is 4. The summed E-state index contributed by atoms with van der Waals surface area (Å²) in [5, 5.41) is 2.98. The number of nitrogens with two attached hydrogens (primary N) is 2. The molecule has 0 radical (unpaired) electrons. The smallest absolute Gasteiger partial charge is 0.419 e. The summed E-state index contributed by atoms with van der Waals surface area (Å²) in [5.41, 5.74) is 9.42. The molecule has 0 bridgehead atoms. The topological polar surface area (TPSA) is 120 Å². The normalized spacial score (nSPS) is 13.2. The summed E-state index contributed by atoms with van der Waals surface area (Å²) < 4.78 is 67.8. The van der Waals surface area contributed by atoms with Crippen LogP contribution in [0.25, 0.3) is 0 Å². The Kier molecular flexibility index (Phi) is 15.5. The number of methoxy groups -OCH3 is 1. The lowest BCUT2D eigenvalue weighted by Gasteiger charge is -2.19. The van der Waals surface area contributed by atoms with Crippen molar-refractivity contribution in [1.29, 1.82) is 0 Å². The zero-order chi connectivity index (χ0) is 30.1. The molecule has 0 unspecified atom stereocenters. The molecule has 1 aliphatic rings. The number of rotatable bonds is 8. The van der Waals surface area contributed by atoms with Crippen molar-refractivity contribution in [2.24, 2.45) is 22.4 Å². The summed E-state index contributed by atoms with van der Waals surface area (Å²) in [7, 11) is 3.30. The van der Waals surface area contributed by atoms with Crippen LogP contribution in [0.2, 0.25) is 0 Å². The number of alkyl halides is 3. The zero-order valence-corrected chi connectivity index (χ0v) is 22.7. The van der Waals surface area contributed by atoms with E-state index in [2.05, 4.69) is 10.3 Å². The number of amides is 1. The molecule has 1 saturated carbocycles. The molecule has 5 N–H and O–H groups in total. The van der Waals surface area contributed by atoms with Gasteiger partial charge in [0.25, 0.3) is 5.91 Å². The number of halogens is 5. The zero-order valence-electron chi connectivity index (χ0n) is 22.7.